The molecule has 0 spiro atoms. The van der Waals surface area contributed by atoms with Gasteiger partial charge in [0.2, 0.25) is 0 Å². The molecule has 0 bridgehead atoms. The molecule has 0 aliphatic carbocycles. The molecule has 5 heteroatoms. The second-order valence-electron chi connectivity index (χ2n) is 2.22. The lowest BCUT2D eigenvalue weighted by molar-refractivity contribution is -0.132. The summed E-state index contributed by atoms with van der Waals surface area (Å²) in [7, 11) is 0. The molecule has 0 saturated heterocycles. The first-order chi connectivity index (χ1) is 5.07. The number of amides is 1. The Hall–Kier alpha value is -0.710. The minimum atomic E-state index is -2.98. The molecule has 0 aromatic heterocycles. The van der Waals surface area contributed by atoms with Crippen LogP contribution in [0, 0.1) is 0 Å². The van der Waals surface area contributed by atoms with E-state index in [9.17, 15) is 13.6 Å². The predicted octanol–water partition coefficient (Wildman–Crippen LogP) is 0.139. The maximum Gasteiger partial charge on any atom is 0.315 e. The third-order valence-corrected chi connectivity index (χ3v) is 1.15. The number of aliphatic hydroxyl groups excluding tert-OH is 1. The number of carbonyl (C=O) groups excluding carboxylic acids is 1. The minimum absolute atomic E-state index is 0.120. The van der Waals surface area contributed by atoms with Crippen molar-refractivity contribution in [1.29, 1.82) is 0 Å². The second kappa shape index (κ2) is 5.01. The maximum absolute atomic E-state index is 11.6. The summed E-state index contributed by atoms with van der Waals surface area (Å²) in [6, 6.07) is -0.401. The van der Waals surface area contributed by atoms with Gasteiger partial charge in [-0.1, -0.05) is 0 Å². The fraction of sp³-hybridized carbons (Fsp3) is 0.833. The average molecular weight is 167 g/mol. The van der Waals surface area contributed by atoms with Crippen molar-refractivity contribution in [2.75, 3.05) is 6.61 Å². The Morgan fingerprint density at radius 2 is 2.18 bits per heavy atom. The molecule has 1 amide bonds. The summed E-state index contributed by atoms with van der Waals surface area (Å²) in [5.41, 5.74) is 0. The van der Waals surface area contributed by atoms with E-state index >= 15 is 0 Å². The number of rotatable bonds is 4. The van der Waals surface area contributed by atoms with Gasteiger partial charge in [0.1, 0.15) is 0 Å². The van der Waals surface area contributed by atoms with Gasteiger partial charge in [0.05, 0.1) is 0 Å². The summed E-state index contributed by atoms with van der Waals surface area (Å²) < 4.78 is 23.1. The predicted molar refractivity (Wildman–Crippen MR) is 35.3 cm³/mol. The zero-order valence-corrected chi connectivity index (χ0v) is 6.18. The van der Waals surface area contributed by atoms with Gasteiger partial charge in [0.25, 0.3) is 5.91 Å². The van der Waals surface area contributed by atoms with Crippen LogP contribution in [0.3, 0.4) is 0 Å². The number of alkyl halides is 2. The maximum atomic E-state index is 11.6. The van der Waals surface area contributed by atoms with Gasteiger partial charge in [-0.05, 0) is 13.3 Å². The fourth-order valence-corrected chi connectivity index (χ4v) is 0.572. The molecule has 66 valence electrons. The van der Waals surface area contributed by atoms with Gasteiger partial charge in [-0.15, -0.1) is 0 Å². The van der Waals surface area contributed by atoms with Crippen LogP contribution in [-0.2, 0) is 4.79 Å². The largest absolute Gasteiger partial charge is 0.396 e. The van der Waals surface area contributed by atoms with E-state index in [4.69, 9.17) is 5.11 Å². The molecule has 0 radical (unpaired) electrons. The van der Waals surface area contributed by atoms with Crippen molar-refractivity contribution >= 4 is 5.91 Å². The Kier molecular flexibility index (Phi) is 4.69. The van der Waals surface area contributed by atoms with Gasteiger partial charge < -0.3 is 10.4 Å². The lowest BCUT2D eigenvalue weighted by atomic mass is 10.2. The van der Waals surface area contributed by atoms with E-state index in [-0.39, 0.29) is 6.61 Å². The molecule has 0 heterocycles. The molecule has 0 aromatic rings. The molecule has 0 fully saturated rings. The zero-order chi connectivity index (χ0) is 8.85. The van der Waals surface area contributed by atoms with Crippen LogP contribution in [0.2, 0.25) is 0 Å². The summed E-state index contributed by atoms with van der Waals surface area (Å²) in [6.07, 6.45) is -2.69. The van der Waals surface area contributed by atoms with Crippen LogP contribution in [0.5, 0.6) is 0 Å². The highest BCUT2D eigenvalue weighted by Gasteiger charge is 2.16. The summed E-state index contributed by atoms with van der Waals surface area (Å²) in [5, 5.41) is 10.4. The third-order valence-electron chi connectivity index (χ3n) is 1.15. The number of carbonyl (C=O) groups is 1. The number of hydrogen-bond donors (Lipinski definition) is 2. The zero-order valence-electron chi connectivity index (χ0n) is 6.18. The molecule has 0 saturated carbocycles. The van der Waals surface area contributed by atoms with Gasteiger partial charge in [0.15, 0.2) is 0 Å². The van der Waals surface area contributed by atoms with E-state index in [2.05, 4.69) is 0 Å². The first kappa shape index (κ1) is 10.3. The molecule has 0 rings (SSSR count). The molecule has 0 unspecified atom stereocenters. The van der Waals surface area contributed by atoms with Crippen molar-refractivity contribution in [1.82, 2.24) is 5.32 Å². The summed E-state index contributed by atoms with van der Waals surface area (Å²) in [5.74, 6) is -1.29. The van der Waals surface area contributed by atoms with Crippen LogP contribution in [0.15, 0.2) is 0 Å². The Morgan fingerprint density at radius 1 is 1.64 bits per heavy atom. The van der Waals surface area contributed by atoms with E-state index < -0.39 is 18.4 Å². The topological polar surface area (TPSA) is 49.3 Å². The highest BCUT2D eigenvalue weighted by Crippen LogP contribution is 1.94. The molecule has 3 nitrogen and oxygen atoms in total. The van der Waals surface area contributed by atoms with E-state index in [0.717, 1.165) is 0 Å². The first-order valence-electron chi connectivity index (χ1n) is 3.27. The fourth-order valence-electron chi connectivity index (χ4n) is 0.572. The van der Waals surface area contributed by atoms with Crippen molar-refractivity contribution in [2.24, 2.45) is 0 Å². The normalized spacial score (nSPS) is 13.2. The second-order valence-corrected chi connectivity index (χ2v) is 2.22. The Bertz CT molecular complexity index is 130. The van der Waals surface area contributed by atoms with Gasteiger partial charge in [-0.2, -0.15) is 8.78 Å². The third kappa shape index (κ3) is 4.66. The molecule has 2 N–H and O–H groups in total. The molecule has 0 aliphatic heterocycles. The molecule has 1 atom stereocenters. The monoisotopic (exact) mass is 167 g/mol. The smallest absolute Gasteiger partial charge is 0.315 e. The Balaban J connectivity index is 3.57. The number of aliphatic hydroxyl groups is 1. The number of hydrogen-bond acceptors (Lipinski definition) is 2. The van der Waals surface area contributed by atoms with Crippen molar-refractivity contribution < 1.29 is 18.7 Å². The lowest BCUT2D eigenvalue weighted by Crippen LogP contribution is -2.37. The van der Waals surface area contributed by atoms with Gasteiger partial charge in [-0.25, -0.2) is 0 Å². The molecule has 11 heavy (non-hydrogen) atoms. The Labute approximate surface area is 63.4 Å². The highest BCUT2D eigenvalue weighted by molar-refractivity contribution is 5.79. The SMILES string of the molecule is C[C@@H](CCO)NC(=O)C(F)F. The lowest BCUT2D eigenvalue weighted by Gasteiger charge is -2.10. The molecule has 0 aliphatic rings. The number of nitrogens with one attached hydrogen (secondary N) is 1. The molecular weight excluding hydrogens is 156 g/mol. The summed E-state index contributed by atoms with van der Waals surface area (Å²) in [4.78, 5) is 10.3. The average Bonchev–Trinajstić information content (AvgIpc) is 1.87. The van der Waals surface area contributed by atoms with E-state index in [1.807, 2.05) is 5.32 Å². The van der Waals surface area contributed by atoms with E-state index in [1.54, 1.807) is 6.92 Å². The molecule has 0 aromatic carbocycles. The van der Waals surface area contributed by atoms with Crippen LogP contribution in [0.4, 0.5) is 8.78 Å². The van der Waals surface area contributed by atoms with Crippen molar-refractivity contribution in [3.63, 3.8) is 0 Å². The summed E-state index contributed by atoms with van der Waals surface area (Å²) in [6.45, 7) is 1.43. The van der Waals surface area contributed by atoms with Crippen molar-refractivity contribution in [3.05, 3.63) is 0 Å². The van der Waals surface area contributed by atoms with Crippen LogP contribution < -0.4 is 5.32 Å². The van der Waals surface area contributed by atoms with E-state index in [0.29, 0.717) is 6.42 Å². The van der Waals surface area contributed by atoms with Crippen LogP contribution in [-0.4, -0.2) is 30.1 Å². The highest BCUT2D eigenvalue weighted by atomic mass is 19.3. The minimum Gasteiger partial charge on any atom is -0.396 e. The van der Waals surface area contributed by atoms with Crippen LogP contribution in [0.1, 0.15) is 13.3 Å². The van der Waals surface area contributed by atoms with Gasteiger partial charge in [0, 0.05) is 12.6 Å². The van der Waals surface area contributed by atoms with E-state index in [1.165, 1.54) is 0 Å². The van der Waals surface area contributed by atoms with Crippen molar-refractivity contribution in [2.45, 2.75) is 25.8 Å². The van der Waals surface area contributed by atoms with Crippen molar-refractivity contribution in [3.8, 4) is 0 Å². The van der Waals surface area contributed by atoms with Crippen LogP contribution in [0.25, 0.3) is 0 Å². The van der Waals surface area contributed by atoms with Crippen LogP contribution >= 0.6 is 0 Å². The van der Waals surface area contributed by atoms with Gasteiger partial charge in [-0.3, -0.25) is 4.79 Å². The molecular formula is C6H11F2NO2. The summed E-state index contributed by atoms with van der Waals surface area (Å²) >= 11 is 0. The first-order valence-corrected chi connectivity index (χ1v) is 3.27. The standard InChI is InChI=1S/C6H11F2NO2/c1-4(2-3-10)9-6(11)5(7)8/h4-5,10H,2-3H2,1H3,(H,9,11)/t4-/m0/s1. The Morgan fingerprint density at radius 3 is 2.55 bits per heavy atom. The van der Waals surface area contributed by atoms with Gasteiger partial charge >= 0.3 is 6.43 Å². The number of halogens is 2. The quantitative estimate of drug-likeness (QED) is 0.625.